The maximum absolute atomic E-state index is 14.7. The highest BCUT2D eigenvalue weighted by Gasteiger charge is 2.50. The highest BCUT2D eigenvalue weighted by Crippen LogP contribution is 2.51. The molecule has 0 aromatic heterocycles. The van der Waals surface area contributed by atoms with Crippen LogP contribution in [0.1, 0.15) is 58.3 Å². The molecule has 1 atom stereocenters. The first-order valence-corrected chi connectivity index (χ1v) is 16.0. The molecule has 4 aromatic carbocycles. The van der Waals surface area contributed by atoms with Crippen molar-refractivity contribution < 1.29 is 18.8 Å². The summed E-state index contributed by atoms with van der Waals surface area (Å²) in [6.45, 7) is 3.25. The summed E-state index contributed by atoms with van der Waals surface area (Å²) in [4.78, 5) is 44.1. The molecule has 2 saturated heterocycles. The molecule has 0 bridgehead atoms. The molecular weight excluding hydrogens is 581 g/mol. The Morgan fingerprint density at radius 2 is 1.67 bits per heavy atom. The van der Waals surface area contributed by atoms with Gasteiger partial charge in [-0.2, -0.15) is 0 Å². The van der Waals surface area contributed by atoms with Crippen molar-refractivity contribution in [1.29, 1.82) is 5.41 Å². The van der Waals surface area contributed by atoms with E-state index < -0.39 is 11.9 Å². The van der Waals surface area contributed by atoms with E-state index in [0.717, 1.165) is 61.0 Å². The number of imide groups is 1. The summed E-state index contributed by atoms with van der Waals surface area (Å²) in [6, 6.07) is 23.0. The maximum atomic E-state index is 14.7. The molecule has 9 heteroatoms. The number of carbonyl (C=O) groups is 3. The number of nitrogens with zero attached hydrogens (tertiary/aromatic N) is 3. The van der Waals surface area contributed by atoms with E-state index in [1.165, 1.54) is 23.4 Å². The quantitative estimate of drug-likeness (QED) is 0.222. The van der Waals surface area contributed by atoms with Gasteiger partial charge in [-0.3, -0.25) is 29.5 Å². The molecule has 1 aliphatic carbocycles. The zero-order valence-corrected chi connectivity index (χ0v) is 25.4. The van der Waals surface area contributed by atoms with Gasteiger partial charge in [-0.1, -0.05) is 48.5 Å². The predicted molar refractivity (Wildman–Crippen MR) is 175 cm³/mol. The Morgan fingerprint density at radius 3 is 2.37 bits per heavy atom. The molecule has 3 aliphatic heterocycles. The molecule has 46 heavy (non-hydrogen) atoms. The summed E-state index contributed by atoms with van der Waals surface area (Å²) in [5, 5.41) is 11.6. The molecule has 1 saturated carbocycles. The monoisotopic (exact) mass is 615 g/mol. The number of rotatable bonds is 7. The summed E-state index contributed by atoms with van der Waals surface area (Å²) >= 11 is 0. The van der Waals surface area contributed by atoms with Crippen molar-refractivity contribution in [3.05, 3.63) is 106 Å². The molecule has 8 rings (SSSR count). The lowest BCUT2D eigenvalue weighted by molar-refractivity contribution is -0.134. The first-order chi connectivity index (χ1) is 22.4. The van der Waals surface area contributed by atoms with Gasteiger partial charge in [0.05, 0.1) is 11.4 Å². The summed E-state index contributed by atoms with van der Waals surface area (Å²) in [5.74, 6) is -1.19. The molecule has 8 nitrogen and oxygen atoms in total. The standard InChI is InChI=1S/C37H34FN5O3/c38-29-21-24(22-39)6-10-30(29)41-16-18-42(19-17-41)37(14-15-37)26-8-4-23(5-9-26)20-25-7-11-31-34-27(25)2-1-3-28(34)36(46)43(31)32-12-13-33(44)40-35(32)45/h1-11,21-22,32,39H,12-20H2,(H,40,44,45). The topological polar surface area (TPSA) is 96.8 Å². The van der Waals surface area contributed by atoms with Crippen molar-refractivity contribution in [2.45, 2.75) is 43.7 Å². The Hall–Kier alpha value is -4.89. The minimum atomic E-state index is -0.697. The Balaban J connectivity index is 0.988. The molecule has 4 aliphatic rings. The number of carbonyl (C=O) groups excluding carboxylic acids is 3. The van der Waals surface area contributed by atoms with E-state index in [1.807, 2.05) is 24.3 Å². The number of amides is 3. The molecule has 2 N–H and O–H groups in total. The second-order valence-electron chi connectivity index (χ2n) is 12.8. The van der Waals surface area contributed by atoms with Crippen LogP contribution in [0.15, 0.2) is 72.8 Å². The number of piperazine rings is 1. The maximum Gasteiger partial charge on any atom is 0.259 e. The largest absolute Gasteiger partial charge is 0.367 e. The van der Waals surface area contributed by atoms with Crippen LogP contribution in [0.25, 0.3) is 10.8 Å². The summed E-state index contributed by atoms with van der Waals surface area (Å²) in [5.41, 5.74) is 6.15. The van der Waals surface area contributed by atoms with E-state index in [9.17, 15) is 18.8 Å². The van der Waals surface area contributed by atoms with Gasteiger partial charge < -0.3 is 10.3 Å². The Bertz CT molecular complexity index is 1930. The highest BCUT2D eigenvalue weighted by molar-refractivity contribution is 6.27. The fraction of sp³-hybridized carbons (Fsp3) is 0.297. The summed E-state index contributed by atoms with van der Waals surface area (Å²) in [7, 11) is 0. The Labute approximate surface area is 266 Å². The van der Waals surface area contributed by atoms with Crippen LogP contribution in [0.2, 0.25) is 0 Å². The molecule has 232 valence electrons. The smallest absolute Gasteiger partial charge is 0.259 e. The molecule has 0 spiro atoms. The third-order valence-corrected chi connectivity index (χ3v) is 10.3. The van der Waals surface area contributed by atoms with Crippen LogP contribution < -0.4 is 15.1 Å². The van der Waals surface area contributed by atoms with Crippen molar-refractivity contribution in [2.75, 3.05) is 36.0 Å². The van der Waals surface area contributed by atoms with Gasteiger partial charge in [-0.05, 0) is 77.6 Å². The third-order valence-electron chi connectivity index (χ3n) is 10.3. The van der Waals surface area contributed by atoms with Crippen LogP contribution in [-0.2, 0) is 21.5 Å². The summed E-state index contributed by atoms with van der Waals surface area (Å²) in [6.07, 6.45) is 4.63. The lowest BCUT2D eigenvalue weighted by atomic mass is 9.94. The fourth-order valence-corrected chi connectivity index (χ4v) is 7.76. The van der Waals surface area contributed by atoms with Crippen molar-refractivity contribution in [3.63, 3.8) is 0 Å². The molecular formula is C37H34FN5O3. The zero-order chi connectivity index (χ0) is 31.6. The van der Waals surface area contributed by atoms with Crippen LogP contribution in [0.3, 0.4) is 0 Å². The van der Waals surface area contributed by atoms with Crippen molar-refractivity contribution >= 4 is 46.1 Å². The number of piperidine rings is 1. The average molecular weight is 616 g/mol. The average Bonchev–Trinajstić information content (AvgIpc) is 3.83. The number of benzene rings is 4. The number of anilines is 2. The first-order valence-electron chi connectivity index (χ1n) is 16.0. The third kappa shape index (κ3) is 4.60. The van der Waals surface area contributed by atoms with Gasteiger partial charge in [0.25, 0.3) is 5.91 Å². The second-order valence-corrected chi connectivity index (χ2v) is 12.8. The number of hydrogen-bond acceptors (Lipinski definition) is 6. The van der Waals surface area contributed by atoms with E-state index in [4.69, 9.17) is 5.41 Å². The van der Waals surface area contributed by atoms with Gasteiger partial charge in [0.1, 0.15) is 11.9 Å². The van der Waals surface area contributed by atoms with Gasteiger partial charge in [0, 0.05) is 55.3 Å². The minimum Gasteiger partial charge on any atom is -0.367 e. The zero-order valence-electron chi connectivity index (χ0n) is 25.4. The van der Waals surface area contributed by atoms with Crippen LogP contribution in [0, 0.1) is 11.2 Å². The highest BCUT2D eigenvalue weighted by atomic mass is 19.1. The van der Waals surface area contributed by atoms with E-state index >= 15 is 0 Å². The summed E-state index contributed by atoms with van der Waals surface area (Å²) < 4.78 is 14.7. The molecule has 3 heterocycles. The first kappa shape index (κ1) is 28.6. The van der Waals surface area contributed by atoms with E-state index in [0.29, 0.717) is 29.7 Å². The molecule has 3 amide bonds. The van der Waals surface area contributed by atoms with Crippen LogP contribution in [0.4, 0.5) is 15.8 Å². The molecule has 4 aromatic rings. The SMILES string of the molecule is N=Cc1ccc(N2CCN(C3(c4ccc(Cc5ccc6c7c(cccc57)C(=O)N6C5CCC(=O)NC5=O)cc4)CC3)CC2)c(F)c1. The lowest BCUT2D eigenvalue weighted by Crippen LogP contribution is -2.53. The molecule has 0 radical (unpaired) electrons. The van der Waals surface area contributed by atoms with Gasteiger partial charge in [-0.15, -0.1) is 0 Å². The molecule has 1 unspecified atom stereocenters. The van der Waals surface area contributed by atoms with Crippen molar-refractivity contribution in [1.82, 2.24) is 10.2 Å². The Kier molecular flexibility index (Phi) is 6.76. The second kappa shape index (κ2) is 10.9. The molecule has 3 fully saturated rings. The number of hydrogen-bond donors (Lipinski definition) is 2. The van der Waals surface area contributed by atoms with E-state index in [-0.39, 0.29) is 29.6 Å². The fourth-order valence-electron chi connectivity index (χ4n) is 7.76. The normalized spacial score (nSPS) is 20.7. The Morgan fingerprint density at radius 1 is 0.913 bits per heavy atom. The van der Waals surface area contributed by atoms with Gasteiger partial charge in [0.2, 0.25) is 11.8 Å². The number of halogens is 1. The van der Waals surface area contributed by atoms with Gasteiger partial charge in [0.15, 0.2) is 0 Å². The van der Waals surface area contributed by atoms with Gasteiger partial charge >= 0.3 is 0 Å². The number of nitrogens with one attached hydrogen (secondary N) is 2. The van der Waals surface area contributed by atoms with Gasteiger partial charge in [-0.25, -0.2) is 4.39 Å². The lowest BCUT2D eigenvalue weighted by Gasteiger charge is -2.41. The van der Waals surface area contributed by atoms with Crippen LogP contribution in [0.5, 0.6) is 0 Å². The minimum absolute atomic E-state index is 0.0367. The van der Waals surface area contributed by atoms with Crippen molar-refractivity contribution in [2.24, 2.45) is 0 Å². The van der Waals surface area contributed by atoms with Crippen LogP contribution in [-0.4, -0.2) is 61.1 Å². The van der Waals surface area contributed by atoms with Crippen LogP contribution >= 0.6 is 0 Å². The van der Waals surface area contributed by atoms with E-state index in [2.05, 4.69) is 45.4 Å². The van der Waals surface area contributed by atoms with Crippen molar-refractivity contribution in [3.8, 4) is 0 Å². The van der Waals surface area contributed by atoms with E-state index in [1.54, 1.807) is 17.0 Å². The predicted octanol–water partition coefficient (Wildman–Crippen LogP) is 5.14.